The van der Waals surface area contributed by atoms with Crippen LogP contribution in [0.1, 0.15) is 11.1 Å². The molecule has 116 valence electrons. The van der Waals surface area contributed by atoms with Gasteiger partial charge < -0.3 is 9.64 Å². The van der Waals surface area contributed by atoms with Gasteiger partial charge in [-0.05, 0) is 18.2 Å². The van der Waals surface area contributed by atoms with Crippen LogP contribution >= 0.6 is 0 Å². The standard InChI is InChI=1S/C16H19N3O3/c1-18(8-7-17)11-15(20)19-10-13-6-4-3-5-12(13)9-14(19)16(21)22-2/h3-6,14H,8-11H2,1-2H3. The molecule has 0 N–H and O–H groups in total. The van der Waals surface area contributed by atoms with Gasteiger partial charge >= 0.3 is 5.97 Å². The summed E-state index contributed by atoms with van der Waals surface area (Å²) in [5, 5.41) is 8.68. The Labute approximate surface area is 129 Å². The van der Waals surface area contributed by atoms with E-state index in [2.05, 4.69) is 0 Å². The van der Waals surface area contributed by atoms with Crippen molar-refractivity contribution in [2.75, 3.05) is 27.2 Å². The first kappa shape index (κ1) is 16.0. The number of carbonyl (C=O) groups is 2. The molecule has 0 fully saturated rings. The Kier molecular flexibility index (Phi) is 5.12. The van der Waals surface area contributed by atoms with E-state index in [4.69, 9.17) is 10.00 Å². The molecule has 0 radical (unpaired) electrons. The Morgan fingerprint density at radius 2 is 2.09 bits per heavy atom. The lowest BCUT2D eigenvalue weighted by Crippen LogP contribution is -2.51. The molecular weight excluding hydrogens is 282 g/mol. The van der Waals surface area contributed by atoms with E-state index in [0.717, 1.165) is 11.1 Å². The highest BCUT2D eigenvalue weighted by molar-refractivity contribution is 5.86. The van der Waals surface area contributed by atoms with E-state index in [9.17, 15) is 9.59 Å². The van der Waals surface area contributed by atoms with E-state index in [1.54, 1.807) is 16.8 Å². The summed E-state index contributed by atoms with van der Waals surface area (Å²) in [5.41, 5.74) is 2.10. The molecule has 1 aliphatic heterocycles. The second kappa shape index (κ2) is 7.05. The molecule has 1 aliphatic rings. The SMILES string of the molecule is COC(=O)C1Cc2ccccc2CN1C(=O)CN(C)CC#N. The maximum atomic E-state index is 12.5. The number of carbonyl (C=O) groups excluding carboxylic acids is 2. The number of hydrogen-bond acceptors (Lipinski definition) is 5. The number of fused-ring (bicyclic) bond motifs is 1. The fraction of sp³-hybridized carbons (Fsp3) is 0.438. The lowest BCUT2D eigenvalue weighted by atomic mass is 9.94. The predicted molar refractivity (Wildman–Crippen MR) is 79.6 cm³/mol. The van der Waals surface area contributed by atoms with Crippen LogP contribution in [-0.2, 0) is 27.3 Å². The molecular formula is C16H19N3O3. The fourth-order valence-corrected chi connectivity index (χ4v) is 2.63. The first-order valence-electron chi connectivity index (χ1n) is 7.06. The molecule has 1 aromatic rings. The quantitative estimate of drug-likeness (QED) is 0.600. The molecule has 0 bridgehead atoms. The highest BCUT2D eigenvalue weighted by Crippen LogP contribution is 2.24. The Morgan fingerprint density at radius 1 is 1.41 bits per heavy atom. The van der Waals surface area contributed by atoms with Crippen LogP contribution in [0.4, 0.5) is 0 Å². The van der Waals surface area contributed by atoms with Crippen molar-refractivity contribution < 1.29 is 14.3 Å². The lowest BCUT2D eigenvalue weighted by Gasteiger charge is -2.35. The molecule has 0 saturated heterocycles. The predicted octanol–water partition coefficient (Wildman–Crippen LogP) is 0.568. The van der Waals surface area contributed by atoms with E-state index < -0.39 is 12.0 Å². The highest BCUT2D eigenvalue weighted by atomic mass is 16.5. The molecule has 0 spiro atoms. The zero-order valence-corrected chi connectivity index (χ0v) is 12.8. The van der Waals surface area contributed by atoms with Crippen LogP contribution in [0.15, 0.2) is 24.3 Å². The van der Waals surface area contributed by atoms with Gasteiger partial charge in [-0.2, -0.15) is 5.26 Å². The van der Waals surface area contributed by atoms with Gasteiger partial charge in [0, 0.05) is 13.0 Å². The summed E-state index contributed by atoms with van der Waals surface area (Å²) in [6, 6.07) is 9.16. The minimum absolute atomic E-state index is 0.100. The van der Waals surface area contributed by atoms with Crippen LogP contribution in [0.2, 0.25) is 0 Å². The average Bonchev–Trinajstić information content (AvgIpc) is 2.53. The summed E-state index contributed by atoms with van der Waals surface area (Å²) in [6.45, 7) is 0.650. The molecule has 1 amide bonds. The largest absolute Gasteiger partial charge is 0.467 e. The minimum Gasteiger partial charge on any atom is -0.467 e. The Morgan fingerprint density at radius 3 is 2.73 bits per heavy atom. The van der Waals surface area contributed by atoms with Gasteiger partial charge in [0.2, 0.25) is 5.91 Å². The molecule has 1 unspecified atom stereocenters. The number of amides is 1. The summed E-state index contributed by atoms with van der Waals surface area (Å²) >= 11 is 0. The second-order valence-electron chi connectivity index (χ2n) is 5.36. The average molecular weight is 301 g/mol. The zero-order chi connectivity index (χ0) is 16.1. The third-order valence-corrected chi connectivity index (χ3v) is 3.79. The molecule has 6 heteroatoms. The monoisotopic (exact) mass is 301 g/mol. The summed E-state index contributed by atoms with van der Waals surface area (Å²) in [6.07, 6.45) is 0.455. The molecule has 22 heavy (non-hydrogen) atoms. The third-order valence-electron chi connectivity index (χ3n) is 3.79. The number of nitriles is 1. The van der Waals surface area contributed by atoms with Crippen molar-refractivity contribution in [3.05, 3.63) is 35.4 Å². The number of rotatable bonds is 4. The molecule has 0 aliphatic carbocycles. The molecule has 2 rings (SSSR count). The van der Waals surface area contributed by atoms with Gasteiger partial charge in [0.05, 0.1) is 26.3 Å². The molecule has 1 heterocycles. The zero-order valence-electron chi connectivity index (χ0n) is 12.8. The van der Waals surface area contributed by atoms with E-state index in [-0.39, 0.29) is 19.0 Å². The molecule has 0 aromatic heterocycles. The van der Waals surface area contributed by atoms with Crippen molar-refractivity contribution in [2.45, 2.75) is 19.0 Å². The maximum Gasteiger partial charge on any atom is 0.328 e. The number of nitrogens with zero attached hydrogens (tertiary/aromatic N) is 3. The topological polar surface area (TPSA) is 73.6 Å². The van der Waals surface area contributed by atoms with Crippen LogP contribution in [0.3, 0.4) is 0 Å². The fourth-order valence-electron chi connectivity index (χ4n) is 2.63. The molecule has 1 atom stereocenters. The third kappa shape index (κ3) is 3.43. The van der Waals surface area contributed by atoms with Crippen LogP contribution in [0, 0.1) is 11.3 Å². The number of benzene rings is 1. The molecule has 6 nitrogen and oxygen atoms in total. The Balaban J connectivity index is 2.21. The van der Waals surface area contributed by atoms with E-state index >= 15 is 0 Å². The van der Waals surface area contributed by atoms with Gasteiger partial charge in [0.1, 0.15) is 6.04 Å². The normalized spacial score (nSPS) is 16.8. The minimum atomic E-state index is -0.608. The van der Waals surface area contributed by atoms with Crippen LogP contribution in [-0.4, -0.2) is 55.0 Å². The van der Waals surface area contributed by atoms with Gasteiger partial charge in [0.25, 0.3) is 0 Å². The van der Waals surface area contributed by atoms with Gasteiger partial charge in [-0.3, -0.25) is 9.69 Å². The number of ether oxygens (including phenoxy) is 1. The second-order valence-corrected chi connectivity index (χ2v) is 5.36. The van der Waals surface area contributed by atoms with Gasteiger partial charge in [-0.1, -0.05) is 24.3 Å². The van der Waals surface area contributed by atoms with Crippen molar-refractivity contribution in [1.82, 2.24) is 9.80 Å². The number of hydrogen-bond donors (Lipinski definition) is 0. The van der Waals surface area contributed by atoms with Crippen molar-refractivity contribution in [3.63, 3.8) is 0 Å². The van der Waals surface area contributed by atoms with Gasteiger partial charge in [-0.15, -0.1) is 0 Å². The number of esters is 1. The van der Waals surface area contributed by atoms with E-state index in [1.165, 1.54) is 7.11 Å². The van der Waals surface area contributed by atoms with Crippen LogP contribution in [0.5, 0.6) is 0 Å². The first-order chi connectivity index (χ1) is 10.6. The number of likely N-dealkylation sites (N-methyl/N-ethyl adjacent to an activating group) is 1. The Hall–Kier alpha value is -2.39. The van der Waals surface area contributed by atoms with Crippen molar-refractivity contribution in [3.8, 4) is 6.07 Å². The Bertz CT molecular complexity index is 609. The first-order valence-corrected chi connectivity index (χ1v) is 7.06. The molecule has 0 saturated carbocycles. The van der Waals surface area contributed by atoms with Crippen LogP contribution in [0.25, 0.3) is 0 Å². The summed E-state index contributed by atoms with van der Waals surface area (Å²) in [4.78, 5) is 27.7. The van der Waals surface area contributed by atoms with E-state index in [0.29, 0.717) is 13.0 Å². The van der Waals surface area contributed by atoms with E-state index in [1.807, 2.05) is 30.3 Å². The van der Waals surface area contributed by atoms with Gasteiger partial charge in [0.15, 0.2) is 0 Å². The number of methoxy groups -OCH3 is 1. The lowest BCUT2D eigenvalue weighted by molar-refractivity contribution is -0.154. The van der Waals surface area contributed by atoms with Crippen LogP contribution < -0.4 is 0 Å². The smallest absolute Gasteiger partial charge is 0.328 e. The summed E-state index contributed by atoms with van der Waals surface area (Å²) in [5.74, 6) is -0.589. The van der Waals surface area contributed by atoms with Crippen molar-refractivity contribution in [1.29, 1.82) is 5.26 Å². The summed E-state index contributed by atoms with van der Waals surface area (Å²) in [7, 11) is 3.03. The van der Waals surface area contributed by atoms with Gasteiger partial charge in [-0.25, -0.2) is 4.79 Å². The molecule has 1 aromatic carbocycles. The maximum absolute atomic E-state index is 12.5. The van der Waals surface area contributed by atoms with Crippen molar-refractivity contribution >= 4 is 11.9 Å². The highest BCUT2D eigenvalue weighted by Gasteiger charge is 2.35. The van der Waals surface area contributed by atoms with Crippen molar-refractivity contribution in [2.24, 2.45) is 0 Å². The summed E-state index contributed by atoms with van der Waals surface area (Å²) < 4.78 is 4.84.